The van der Waals surface area contributed by atoms with Crippen molar-refractivity contribution in [3.8, 4) is 0 Å². The summed E-state index contributed by atoms with van der Waals surface area (Å²) < 4.78 is 5.57. The number of carbonyl (C=O) groups excluding carboxylic acids is 1. The van der Waals surface area contributed by atoms with E-state index in [-0.39, 0.29) is 11.3 Å². The Morgan fingerprint density at radius 2 is 1.67 bits per heavy atom. The van der Waals surface area contributed by atoms with Crippen LogP contribution in [0.15, 0.2) is 71.9 Å². The summed E-state index contributed by atoms with van der Waals surface area (Å²) in [6.45, 7) is 12.1. The van der Waals surface area contributed by atoms with Gasteiger partial charge in [0.25, 0.3) is 5.69 Å². The van der Waals surface area contributed by atoms with Crippen LogP contribution in [0.2, 0.25) is 0 Å². The molecule has 1 unspecified atom stereocenters. The number of ether oxygens (including phenoxy) is 1. The molecule has 5 heteroatoms. The Kier molecular flexibility index (Phi) is 11.1. The zero-order valence-corrected chi connectivity index (χ0v) is 18.5. The highest BCUT2D eigenvalue weighted by Gasteiger charge is 2.15. The molecule has 0 spiro atoms. The molecular weight excluding hydrogens is 378 g/mol. The van der Waals surface area contributed by atoms with Crippen LogP contribution < -0.4 is 0 Å². The van der Waals surface area contributed by atoms with Crippen molar-refractivity contribution in [2.24, 2.45) is 0 Å². The van der Waals surface area contributed by atoms with Crippen LogP contribution in [0.5, 0.6) is 0 Å². The first-order chi connectivity index (χ1) is 14.2. The van der Waals surface area contributed by atoms with Crippen molar-refractivity contribution in [1.82, 2.24) is 0 Å². The van der Waals surface area contributed by atoms with Gasteiger partial charge >= 0.3 is 5.97 Å². The third kappa shape index (κ3) is 10.0. The molecule has 0 fully saturated rings. The van der Waals surface area contributed by atoms with Crippen molar-refractivity contribution in [3.05, 3.63) is 87.5 Å². The number of allylic oxidation sites excluding steroid dienone is 5. The standard InChI is InChI=1S/C25H33NO4/c1-6-9-24(30-25(27)22-14-16-23(17-15-22)26(28)29)18-21(5)13-8-12-20(4)11-7-10-19(2)3/h6,10,12,14-18,24H,1,7-9,11,13H2,2-5H3/b20-12+,21-18+. The Balaban J connectivity index is 2.64. The number of rotatable bonds is 12. The van der Waals surface area contributed by atoms with E-state index in [9.17, 15) is 14.9 Å². The van der Waals surface area contributed by atoms with E-state index < -0.39 is 17.0 Å². The number of benzene rings is 1. The monoisotopic (exact) mass is 411 g/mol. The second-order valence-corrected chi connectivity index (χ2v) is 7.69. The topological polar surface area (TPSA) is 69.4 Å². The Hall–Kier alpha value is -2.95. The molecule has 0 saturated carbocycles. The third-order valence-corrected chi connectivity index (χ3v) is 4.56. The average Bonchev–Trinajstić information content (AvgIpc) is 2.67. The molecule has 0 heterocycles. The Morgan fingerprint density at radius 3 is 2.23 bits per heavy atom. The van der Waals surface area contributed by atoms with Gasteiger partial charge < -0.3 is 4.74 Å². The number of non-ortho nitro benzene ring substituents is 1. The van der Waals surface area contributed by atoms with E-state index in [0.717, 1.165) is 31.3 Å². The maximum absolute atomic E-state index is 12.4. The second kappa shape index (κ2) is 13.3. The van der Waals surface area contributed by atoms with Gasteiger partial charge in [-0.25, -0.2) is 4.79 Å². The predicted molar refractivity (Wildman–Crippen MR) is 123 cm³/mol. The lowest BCUT2D eigenvalue weighted by atomic mass is 10.0. The quantitative estimate of drug-likeness (QED) is 0.159. The minimum atomic E-state index is -0.504. The van der Waals surface area contributed by atoms with Gasteiger partial charge in [-0.3, -0.25) is 10.1 Å². The van der Waals surface area contributed by atoms with Crippen LogP contribution in [0.3, 0.4) is 0 Å². The molecule has 0 aliphatic carbocycles. The molecule has 1 rings (SSSR count). The molecule has 0 aromatic heterocycles. The Bertz CT molecular complexity index is 812. The summed E-state index contributed by atoms with van der Waals surface area (Å²) in [5.41, 5.74) is 4.10. The molecule has 30 heavy (non-hydrogen) atoms. The first-order valence-electron chi connectivity index (χ1n) is 10.3. The first-order valence-corrected chi connectivity index (χ1v) is 10.3. The smallest absolute Gasteiger partial charge is 0.338 e. The van der Waals surface area contributed by atoms with E-state index >= 15 is 0 Å². The fraction of sp³-hybridized carbons (Fsp3) is 0.400. The van der Waals surface area contributed by atoms with Gasteiger partial charge in [-0.15, -0.1) is 6.58 Å². The first kappa shape index (κ1) is 25.1. The highest BCUT2D eigenvalue weighted by atomic mass is 16.6. The zero-order valence-electron chi connectivity index (χ0n) is 18.5. The third-order valence-electron chi connectivity index (χ3n) is 4.56. The molecule has 0 aliphatic heterocycles. The van der Waals surface area contributed by atoms with Crippen molar-refractivity contribution in [2.45, 2.75) is 65.9 Å². The van der Waals surface area contributed by atoms with E-state index in [2.05, 4.69) is 39.5 Å². The summed E-state index contributed by atoms with van der Waals surface area (Å²) in [5.74, 6) is -0.504. The lowest BCUT2D eigenvalue weighted by Crippen LogP contribution is -2.16. The second-order valence-electron chi connectivity index (χ2n) is 7.69. The number of nitro groups is 1. The molecule has 0 saturated heterocycles. The van der Waals surface area contributed by atoms with Gasteiger partial charge in [0.2, 0.25) is 0 Å². The van der Waals surface area contributed by atoms with Gasteiger partial charge in [0.15, 0.2) is 0 Å². The van der Waals surface area contributed by atoms with Crippen LogP contribution >= 0.6 is 0 Å². The van der Waals surface area contributed by atoms with Gasteiger partial charge in [-0.05, 0) is 71.6 Å². The number of esters is 1. The van der Waals surface area contributed by atoms with Crippen LogP contribution in [-0.2, 0) is 4.74 Å². The molecular formula is C25H33NO4. The normalized spacial score (nSPS) is 12.8. The molecule has 1 atom stereocenters. The molecule has 0 aliphatic rings. The van der Waals surface area contributed by atoms with Gasteiger partial charge in [0.05, 0.1) is 10.5 Å². The minimum absolute atomic E-state index is 0.0610. The van der Waals surface area contributed by atoms with Crippen LogP contribution in [-0.4, -0.2) is 17.0 Å². The summed E-state index contributed by atoms with van der Waals surface area (Å²) in [4.78, 5) is 22.6. The summed E-state index contributed by atoms with van der Waals surface area (Å²) in [5, 5.41) is 10.7. The lowest BCUT2D eigenvalue weighted by Gasteiger charge is -2.14. The molecule has 0 amide bonds. The largest absolute Gasteiger partial charge is 0.454 e. The summed E-state index contributed by atoms with van der Waals surface area (Å²) in [6, 6.07) is 5.41. The maximum atomic E-state index is 12.4. The average molecular weight is 412 g/mol. The maximum Gasteiger partial charge on any atom is 0.338 e. The molecule has 162 valence electrons. The minimum Gasteiger partial charge on any atom is -0.454 e. The van der Waals surface area contributed by atoms with Gasteiger partial charge in [0, 0.05) is 18.6 Å². The lowest BCUT2D eigenvalue weighted by molar-refractivity contribution is -0.384. The van der Waals surface area contributed by atoms with Crippen LogP contribution in [0, 0.1) is 10.1 Å². The van der Waals surface area contributed by atoms with E-state index in [0.29, 0.717) is 6.42 Å². The fourth-order valence-corrected chi connectivity index (χ4v) is 2.88. The van der Waals surface area contributed by atoms with Crippen molar-refractivity contribution >= 4 is 11.7 Å². The van der Waals surface area contributed by atoms with Gasteiger partial charge in [-0.1, -0.05) is 34.9 Å². The molecule has 5 nitrogen and oxygen atoms in total. The molecule has 0 bridgehead atoms. The zero-order chi connectivity index (χ0) is 22.5. The van der Waals surface area contributed by atoms with Gasteiger partial charge in [0.1, 0.15) is 6.10 Å². The number of nitrogens with zero attached hydrogens (tertiary/aromatic N) is 1. The Morgan fingerprint density at radius 1 is 1.07 bits per heavy atom. The SMILES string of the molecule is C=CCC(/C=C(\C)CC/C=C(\C)CCC=C(C)C)OC(=O)c1ccc([N+](=O)[O-])cc1. The molecule has 1 aromatic carbocycles. The van der Waals surface area contributed by atoms with Crippen molar-refractivity contribution in [1.29, 1.82) is 0 Å². The van der Waals surface area contributed by atoms with E-state index in [4.69, 9.17) is 4.74 Å². The fourth-order valence-electron chi connectivity index (χ4n) is 2.88. The van der Waals surface area contributed by atoms with Gasteiger partial charge in [-0.2, -0.15) is 0 Å². The predicted octanol–water partition coefficient (Wildman–Crippen LogP) is 7.12. The summed E-state index contributed by atoms with van der Waals surface area (Å²) >= 11 is 0. The summed E-state index contributed by atoms with van der Waals surface area (Å²) in [7, 11) is 0. The van der Waals surface area contributed by atoms with Crippen LogP contribution in [0.4, 0.5) is 5.69 Å². The van der Waals surface area contributed by atoms with E-state index in [1.165, 1.54) is 35.4 Å². The van der Waals surface area contributed by atoms with Crippen molar-refractivity contribution in [3.63, 3.8) is 0 Å². The molecule has 0 N–H and O–H groups in total. The number of hydrogen-bond acceptors (Lipinski definition) is 4. The van der Waals surface area contributed by atoms with Crippen molar-refractivity contribution in [2.75, 3.05) is 0 Å². The number of nitro benzene ring substituents is 1. The van der Waals surface area contributed by atoms with Crippen LogP contribution in [0.25, 0.3) is 0 Å². The van der Waals surface area contributed by atoms with Crippen molar-refractivity contribution < 1.29 is 14.5 Å². The molecule has 0 radical (unpaired) electrons. The van der Waals surface area contributed by atoms with Crippen LogP contribution in [0.1, 0.15) is 70.2 Å². The summed E-state index contributed by atoms with van der Waals surface area (Å²) in [6.07, 6.45) is 12.3. The number of carbonyl (C=O) groups is 1. The molecule has 1 aromatic rings. The van der Waals surface area contributed by atoms with E-state index in [1.54, 1.807) is 6.08 Å². The number of hydrogen-bond donors (Lipinski definition) is 0. The Labute approximate surface area is 180 Å². The highest BCUT2D eigenvalue weighted by molar-refractivity contribution is 5.89. The highest BCUT2D eigenvalue weighted by Crippen LogP contribution is 2.17. The van der Waals surface area contributed by atoms with E-state index in [1.807, 2.05) is 13.0 Å².